The molecule has 1 N–H and O–H groups in total. The average Bonchev–Trinajstić information content (AvgIpc) is 2.18. The van der Waals surface area contributed by atoms with Gasteiger partial charge in [0.1, 0.15) is 5.82 Å². The van der Waals surface area contributed by atoms with Gasteiger partial charge in [0.25, 0.3) is 5.92 Å². The van der Waals surface area contributed by atoms with Crippen LogP contribution in [0.3, 0.4) is 0 Å². The Labute approximate surface area is 93.0 Å². The van der Waals surface area contributed by atoms with E-state index in [2.05, 4.69) is 11.9 Å². The van der Waals surface area contributed by atoms with Crippen molar-refractivity contribution in [3.8, 4) is 0 Å². The molecule has 0 heterocycles. The number of anilines is 1. The number of hydrogen-bond acceptors (Lipinski definition) is 1. The van der Waals surface area contributed by atoms with Gasteiger partial charge in [-0.3, -0.25) is 0 Å². The van der Waals surface area contributed by atoms with E-state index in [9.17, 15) is 13.2 Å². The monoisotopic (exact) mass is 229 g/mol. The molecule has 0 aliphatic carbocycles. The van der Waals surface area contributed by atoms with E-state index in [0.29, 0.717) is 0 Å². The first-order chi connectivity index (χ1) is 7.41. The first-order valence-electron chi connectivity index (χ1n) is 4.99. The van der Waals surface area contributed by atoms with Crippen molar-refractivity contribution in [1.29, 1.82) is 0 Å². The lowest BCUT2D eigenvalue weighted by molar-refractivity contribution is 0.0170. The third kappa shape index (κ3) is 2.38. The summed E-state index contributed by atoms with van der Waals surface area (Å²) in [5, 5.41) is 2.60. The van der Waals surface area contributed by atoms with Crippen LogP contribution in [0.25, 0.3) is 0 Å². The second-order valence-electron chi connectivity index (χ2n) is 3.54. The summed E-state index contributed by atoms with van der Waals surface area (Å²) in [6, 6.07) is 2.48. The second-order valence-corrected chi connectivity index (χ2v) is 3.54. The maximum atomic E-state index is 13.4. The van der Waals surface area contributed by atoms with Gasteiger partial charge in [0.2, 0.25) is 0 Å². The van der Waals surface area contributed by atoms with Crippen molar-refractivity contribution in [1.82, 2.24) is 0 Å². The first kappa shape index (κ1) is 12.6. The normalized spacial score (nSPS) is 11.3. The minimum atomic E-state index is -3.08. The van der Waals surface area contributed by atoms with Crippen LogP contribution in [0.4, 0.5) is 18.9 Å². The number of nitrogens with one attached hydrogen (secondary N) is 1. The summed E-state index contributed by atoms with van der Waals surface area (Å²) >= 11 is 0. The zero-order chi connectivity index (χ0) is 12.3. The van der Waals surface area contributed by atoms with Crippen LogP contribution in [0.5, 0.6) is 0 Å². The minimum absolute atomic E-state index is 0.0411. The molecular formula is C12H14F3N. The first-order valence-corrected chi connectivity index (χ1v) is 4.99. The van der Waals surface area contributed by atoms with Crippen molar-refractivity contribution in [3.05, 3.63) is 41.9 Å². The number of halogens is 3. The molecule has 88 valence electrons. The topological polar surface area (TPSA) is 12.0 Å². The van der Waals surface area contributed by atoms with Gasteiger partial charge in [-0.05, 0) is 30.3 Å². The maximum absolute atomic E-state index is 13.4. The van der Waals surface area contributed by atoms with Gasteiger partial charge in [0, 0.05) is 12.6 Å². The summed E-state index contributed by atoms with van der Waals surface area (Å²) in [5.74, 6) is -3.69. The van der Waals surface area contributed by atoms with Crippen LogP contribution in [0.15, 0.2) is 24.9 Å². The average molecular weight is 229 g/mol. The van der Waals surface area contributed by atoms with Crippen LogP contribution in [-0.4, -0.2) is 0 Å². The molecule has 1 aromatic carbocycles. The highest BCUT2D eigenvalue weighted by Gasteiger charge is 2.31. The molecule has 0 aliphatic heterocycles. The minimum Gasteiger partial charge on any atom is -0.362 e. The molecule has 1 nitrogen and oxygen atoms in total. The van der Waals surface area contributed by atoms with E-state index in [1.54, 1.807) is 6.92 Å². The Balaban J connectivity index is 3.47. The predicted molar refractivity (Wildman–Crippen MR) is 59.2 cm³/mol. The number of rotatable bonds is 4. The maximum Gasteiger partial charge on any atom is 0.272 e. The Hall–Kier alpha value is -1.45. The van der Waals surface area contributed by atoms with Crippen molar-refractivity contribution in [2.45, 2.75) is 26.2 Å². The Kier molecular flexibility index (Phi) is 3.62. The zero-order valence-electron chi connectivity index (χ0n) is 9.28. The van der Waals surface area contributed by atoms with E-state index in [0.717, 1.165) is 6.92 Å². The lowest BCUT2D eigenvalue weighted by Gasteiger charge is -2.20. The Morgan fingerprint density at radius 1 is 1.44 bits per heavy atom. The number of hydrogen-bond donors (Lipinski definition) is 1. The zero-order valence-corrected chi connectivity index (χ0v) is 9.28. The van der Waals surface area contributed by atoms with Crippen molar-refractivity contribution in [3.63, 3.8) is 0 Å². The molecule has 4 heteroatoms. The molecule has 0 amide bonds. The van der Waals surface area contributed by atoms with Crippen LogP contribution in [0.2, 0.25) is 0 Å². The van der Waals surface area contributed by atoms with Gasteiger partial charge in [-0.2, -0.15) is 0 Å². The molecule has 0 aromatic heterocycles. The molecular weight excluding hydrogens is 215 g/mol. The van der Waals surface area contributed by atoms with Gasteiger partial charge in [-0.25, -0.2) is 13.2 Å². The van der Waals surface area contributed by atoms with E-state index < -0.39 is 11.7 Å². The molecule has 0 bridgehead atoms. The lowest BCUT2D eigenvalue weighted by atomic mass is 9.97. The highest BCUT2D eigenvalue weighted by molar-refractivity contribution is 5.58. The number of benzene rings is 1. The van der Waals surface area contributed by atoms with Crippen molar-refractivity contribution >= 4 is 5.69 Å². The summed E-state index contributed by atoms with van der Waals surface area (Å²) in [6.45, 7) is 5.81. The van der Waals surface area contributed by atoms with E-state index in [-0.39, 0.29) is 23.2 Å². The SMILES string of the molecule is C=CNc1ccc(F)c(CC)c1C(C)(F)F. The molecule has 0 unspecified atom stereocenters. The summed E-state index contributed by atoms with van der Waals surface area (Å²) in [6.07, 6.45) is 1.51. The predicted octanol–water partition coefficient (Wildman–Crippen LogP) is 4.06. The van der Waals surface area contributed by atoms with Gasteiger partial charge in [-0.1, -0.05) is 13.5 Å². The summed E-state index contributed by atoms with van der Waals surface area (Å²) < 4.78 is 40.3. The molecule has 0 fully saturated rings. The summed E-state index contributed by atoms with van der Waals surface area (Å²) in [4.78, 5) is 0. The van der Waals surface area contributed by atoms with Crippen LogP contribution in [0.1, 0.15) is 25.0 Å². The van der Waals surface area contributed by atoms with Crippen LogP contribution >= 0.6 is 0 Å². The Morgan fingerprint density at radius 3 is 2.50 bits per heavy atom. The molecule has 0 radical (unpaired) electrons. The molecule has 0 aliphatic rings. The Bertz CT molecular complexity index is 394. The second kappa shape index (κ2) is 4.60. The fourth-order valence-corrected chi connectivity index (χ4v) is 1.70. The fourth-order valence-electron chi connectivity index (χ4n) is 1.70. The molecule has 0 saturated heterocycles. The van der Waals surface area contributed by atoms with Gasteiger partial charge >= 0.3 is 0 Å². The smallest absolute Gasteiger partial charge is 0.272 e. The van der Waals surface area contributed by atoms with Crippen molar-refractivity contribution < 1.29 is 13.2 Å². The third-order valence-corrected chi connectivity index (χ3v) is 2.31. The summed E-state index contributed by atoms with van der Waals surface area (Å²) in [5.41, 5.74) is -0.0602. The Morgan fingerprint density at radius 2 is 2.06 bits per heavy atom. The lowest BCUT2D eigenvalue weighted by Crippen LogP contribution is -2.14. The van der Waals surface area contributed by atoms with Crippen molar-refractivity contribution in [2.75, 3.05) is 5.32 Å². The highest BCUT2D eigenvalue weighted by atomic mass is 19.3. The van der Waals surface area contributed by atoms with Crippen LogP contribution in [0, 0.1) is 5.82 Å². The number of alkyl halides is 2. The van der Waals surface area contributed by atoms with E-state index in [4.69, 9.17) is 0 Å². The van der Waals surface area contributed by atoms with Gasteiger partial charge in [0.05, 0.1) is 5.56 Å². The standard InChI is InChI=1S/C12H14F3N/c1-4-8-9(13)6-7-10(16-5-2)11(8)12(3,14)15/h5-7,16H,2,4H2,1,3H3. The van der Waals surface area contributed by atoms with Crippen LogP contribution < -0.4 is 5.32 Å². The highest BCUT2D eigenvalue weighted by Crippen LogP contribution is 2.37. The summed E-state index contributed by atoms with van der Waals surface area (Å²) in [7, 11) is 0. The largest absolute Gasteiger partial charge is 0.362 e. The van der Waals surface area contributed by atoms with Gasteiger partial charge < -0.3 is 5.32 Å². The molecule has 1 rings (SSSR count). The van der Waals surface area contributed by atoms with Gasteiger partial charge in [0.15, 0.2) is 0 Å². The van der Waals surface area contributed by atoms with Crippen molar-refractivity contribution in [2.24, 2.45) is 0 Å². The molecule has 0 saturated carbocycles. The van der Waals surface area contributed by atoms with Crippen LogP contribution in [-0.2, 0) is 12.3 Å². The molecule has 1 aromatic rings. The third-order valence-electron chi connectivity index (χ3n) is 2.31. The van der Waals surface area contributed by atoms with Gasteiger partial charge in [-0.15, -0.1) is 0 Å². The quantitative estimate of drug-likeness (QED) is 0.821. The van der Waals surface area contributed by atoms with E-state index in [1.807, 2.05) is 0 Å². The molecule has 16 heavy (non-hydrogen) atoms. The molecule has 0 atom stereocenters. The fraction of sp³-hybridized carbons (Fsp3) is 0.333. The van der Waals surface area contributed by atoms with E-state index in [1.165, 1.54) is 18.3 Å². The van der Waals surface area contributed by atoms with E-state index >= 15 is 0 Å². The molecule has 0 spiro atoms.